The zero-order valence-corrected chi connectivity index (χ0v) is 18.6. The third-order valence-electron chi connectivity index (χ3n) is 4.82. The highest BCUT2D eigenvalue weighted by atomic mass is 35.5. The summed E-state index contributed by atoms with van der Waals surface area (Å²) in [6, 6.07) is 12.4. The van der Waals surface area contributed by atoms with Crippen LogP contribution in [0.3, 0.4) is 0 Å². The van der Waals surface area contributed by atoms with Gasteiger partial charge < -0.3 is 20.1 Å². The summed E-state index contributed by atoms with van der Waals surface area (Å²) < 4.78 is 50.3. The van der Waals surface area contributed by atoms with Gasteiger partial charge in [-0.25, -0.2) is 4.79 Å². The highest BCUT2D eigenvalue weighted by molar-refractivity contribution is 6.31. The lowest BCUT2D eigenvalue weighted by Crippen LogP contribution is -2.19. The van der Waals surface area contributed by atoms with Crippen LogP contribution in [0.4, 0.5) is 29.3 Å². The quantitative estimate of drug-likeness (QED) is 0.342. The molecule has 3 N–H and O–H groups in total. The number of alkyl halides is 3. The number of urea groups is 1. The van der Waals surface area contributed by atoms with Crippen molar-refractivity contribution in [3.05, 3.63) is 77.1 Å². The number of aromatic nitrogens is 1. The second-order valence-corrected chi connectivity index (χ2v) is 7.76. The number of hydrogen-bond donors (Lipinski definition) is 3. The molecule has 1 aliphatic heterocycles. The first kappa shape index (κ1) is 23.8. The molecule has 34 heavy (non-hydrogen) atoms. The summed E-state index contributed by atoms with van der Waals surface area (Å²) in [5, 5.41) is 7.65. The molecular weight excluding hydrogens is 473 g/mol. The van der Waals surface area contributed by atoms with Crippen molar-refractivity contribution in [2.75, 3.05) is 17.2 Å². The highest BCUT2D eigenvalue weighted by Gasteiger charge is 2.40. The van der Waals surface area contributed by atoms with Gasteiger partial charge >= 0.3 is 12.2 Å². The molecule has 1 saturated heterocycles. The van der Waals surface area contributed by atoms with Crippen molar-refractivity contribution in [2.24, 2.45) is 0 Å². The molecule has 0 bridgehead atoms. The van der Waals surface area contributed by atoms with Crippen LogP contribution in [0.2, 0.25) is 5.02 Å². The number of hydrogen-bond acceptors (Lipinski definition) is 5. The Kier molecular flexibility index (Phi) is 6.92. The molecule has 0 saturated carbocycles. The van der Waals surface area contributed by atoms with Crippen LogP contribution in [0.5, 0.6) is 11.5 Å². The van der Waals surface area contributed by atoms with Gasteiger partial charge in [0.15, 0.2) is 0 Å². The molecule has 3 aromatic rings. The fraction of sp³-hybridized carbons (Fsp3) is 0.217. The Morgan fingerprint density at radius 1 is 1.06 bits per heavy atom. The molecule has 2 atom stereocenters. The number of halogens is 4. The summed E-state index contributed by atoms with van der Waals surface area (Å²) in [5.74, 6) is 1.10. The molecule has 2 aromatic carbocycles. The van der Waals surface area contributed by atoms with Crippen LogP contribution in [0.15, 0.2) is 60.8 Å². The van der Waals surface area contributed by atoms with Gasteiger partial charge in [-0.15, -0.1) is 0 Å². The van der Waals surface area contributed by atoms with Gasteiger partial charge in [0.05, 0.1) is 16.3 Å². The van der Waals surface area contributed by atoms with Gasteiger partial charge in [0.1, 0.15) is 23.8 Å². The normalized spacial score (nSPS) is 17.2. The maximum atomic E-state index is 13.0. The van der Waals surface area contributed by atoms with Gasteiger partial charge in [0, 0.05) is 23.6 Å². The average Bonchev–Trinajstić information content (AvgIpc) is 3.55. The van der Waals surface area contributed by atoms with E-state index in [1.54, 1.807) is 42.6 Å². The lowest BCUT2D eigenvalue weighted by atomic mass is 10.2. The van der Waals surface area contributed by atoms with E-state index >= 15 is 0 Å². The average molecular weight is 493 g/mol. The first-order valence-electron chi connectivity index (χ1n) is 10.3. The number of ether oxygens (including phenoxy) is 2. The van der Waals surface area contributed by atoms with Gasteiger partial charge in [0.2, 0.25) is 0 Å². The molecule has 2 heterocycles. The Balaban J connectivity index is 1.34. The Bertz CT molecular complexity index is 1170. The van der Waals surface area contributed by atoms with Crippen LogP contribution >= 0.6 is 11.6 Å². The monoisotopic (exact) mass is 492 g/mol. The maximum Gasteiger partial charge on any atom is 0.417 e. The van der Waals surface area contributed by atoms with Crippen LogP contribution in [-0.2, 0) is 10.9 Å². The molecule has 4 rings (SSSR count). The van der Waals surface area contributed by atoms with Crippen molar-refractivity contribution < 1.29 is 27.4 Å². The summed E-state index contributed by atoms with van der Waals surface area (Å²) in [6.45, 7) is 2.79. The van der Waals surface area contributed by atoms with Crippen LogP contribution in [0.25, 0.3) is 0 Å². The Morgan fingerprint density at radius 2 is 1.76 bits per heavy atom. The maximum absolute atomic E-state index is 13.0. The van der Waals surface area contributed by atoms with Gasteiger partial charge in [-0.05, 0) is 55.1 Å². The molecule has 2 amide bonds. The summed E-state index contributed by atoms with van der Waals surface area (Å²) in [5.41, 5.74) is 0.108. The lowest BCUT2D eigenvalue weighted by molar-refractivity contribution is -0.137. The molecular formula is C23H20ClF3N4O3. The molecule has 2 unspecified atom stereocenters. The van der Waals surface area contributed by atoms with Gasteiger partial charge in [0.25, 0.3) is 0 Å². The Labute approximate surface area is 198 Å². The van der Waals surface area contributed by atoms with E-state index in [-0.39, 0.29) is 18.0 Å². The summed E-state index contributed by atoms with van der Waals surface area (Å²) in [7, 11) is 0. The van der Waals surface area contributed by atoms with E-state index in [1.807, 2.05) is 6.92 Å². The number of amides is 2. The topological polar surface area (TPSA) is 87.8 Å². The SMILES string of the molecule is CCNC1OC1c1cc(Oc2ccc(NC(=O)Nc3ccc(Cl)c(C(F)(F)F)c3)cc2)ccn1. The number of carbonyl (C=O) groups excluding carboxylic acids is 1. The smallest absolute Gasteiger partial charge is 0.417 e. The van der Waals surface area contributed by atoms with E-state index in [9.17, 15) is 18.0 Å². The summed E-state index contributed by atoms with van der Waals surface area (Å²) >= 11 is 5.59. The highest BCUT2D eigenvalue weighted by Crippen LogP contribution is 2.38. The molecule has 7 nitrogen and oxygen atoms in total. The zero-order chi connectivity index (χ0) is 24.3. The molecule has 178 valence electrons. The second-order valence-electron chi connectivity index (χ2n) is 7.35. The van der Waals surface area contributed by atoms with E-state index in [1.165, 1.54) is 6.07 Å². The fourth-order valence-electron chi connectivity index (χ4n) is 3.20. The Morgan fingerprint density at radius 3 is 2.47 bits per heavy atom. The number of rotatable bonds is 7. The van der Waals surface area contributed by atoms with Crippen molar-refractivity contribution in [3.8, 4) is 11.5 Å². The number of nitrogens with zero attached hydrogens (tertiary/aromatic N) is 1. The zero-order valence-electron chi connectivity index (χ0n) is 17.8. The lowest BCUT2D eigenvalue weighted by Gasteiger charge is -2.12. The van der Waals surface area contributed by atoms with Crippen molar-refractivity contribution in [1.82, 2.24) is 10.3 Å². The second kappa shape index (κ2) is 9.88. The number of nitrogens with one attached hydrogen (secondary N) is 3. The predicted molar refractivity (Wildman–Crippen MR) is 121 cm³/mol. The van der Waals surface area contributed by atoms with Crippen LogP contribution in [0.1, 0.15) is 24.3 Å². The molecule has 0 radical (unpaired) electrons. The molecule has 0 spiro atoms. The molecule has 1 fully saturated rings. The number of likely N-dealkylation sites (N-methyl/N-ethyl adjacent to an activating group) is 1. The summed E-state index contributed by atoms with van der Waals surface area (Å²) in [6.07, 6.45) is -3.15. The number of carbonyl (C=O) groups is 1. The first-order chi connectivity index (χ1) is 16.2. The molecule has 1 aromatic heterocycles. The summed E-state index contributed by atoms with van der Waals surface area (Å²) in [4.78, 5) is 16.5. The van der Waals surface area contributed by atoms with Gasteiger partial charge in [-0.1, -0.05) is 18.5 Å². The van der Waals surface area contributed by atoms with Crippen LogP contribution < -0.4 is 20.7 Å². The van der Waals surface area contributed by atoms with Crippen molar-refractivity contribution in [3.63, 3.8) is 0 Å². The van der Waals surface area contributed by atoms with Gasteiger partial charge in [-0.3, -0.25) is 10.3 Å². The number of anilines is 2. The van der Waals surface area contributed by atoms with E-state index in [4.69, 9.17) is 21.1 Å². The Hall–Kier alpha value is -3.34. The first-order valence-corrected chi connectivity index (χ1v) is 10.7. The van der Waals surface area contributed by atoms with Crippen molar-refractivity contribution in [2.45, 2.75) is 25.4 Å². The third-order valence-corrected chi connectivity index (χ3v) is 5.15. The molecule has 11 heteroatoms. The van der Waals surface area contributed by atoms with Gasteiger partial charge in [-0.2, -0.15) is 13.2 Å². The number of benzene rings is 2. The van der Waals surface area contributed by atoms with E-state index in [0.717, 1.165) is 24.4 Å². The van der Waals surface area contributed by atoms with Crippen LogP contribution in [-0.4, -0.2) is 23.8 Å². The molecule has 1 aliphatic rings. The largest absolute Gasteiger partial charge is 0.457 e. The standard InChI is InChI=1S/C23H20ClF3N4O3/c1-2-28-21-20(34-21)19-12-16(9-10-29-19)33-15-6-3-13(4-7-15)30-22(32)31-14-5-8-18(24)17(11-14)23(25,26)27/h3-12,20-21,28H,2H2,1H3,(H2,30,31,32). The van der Waals surface area contributed by atoms with Crippen LogP contribution in [0, 0.1) is 0 Å². The molecule has 0 aliphatic carbocycles. The van der Waals surface area contributed by atoms with Crippen molar-refractivity contribution in [1.29, 1.82) is 0 Å². The minimum Gasteiger partial charge on any atom is -0.457 e. The van der Waals surface area contributed by atoms with E-state index in [0.29, 0.717) is 17.2 Å². The number of pyridine rings is 1. The number of epoxide rings is 1. The van der Waals surface area contributed by atoms with E-state index < -0.39 is 22.8 Å². The fourth-order valence-corrected chi connectivity index (χ4v) is 3.42. The van der Waals surface area contributed by atoms with E-state index in [2.05, 4.69) is 20.9 Å². The predicted octanol–water partition coefficient (Wildman–Crippen LogP) is 6.20. The minimum atomic E-state index is -4.63. The minimum absolute atomic E-state index is 0.0429. The third kappa shape index (κ3) is 5.96. The van der Waals surface area contributed by atoms with Crippen molar-refractivity contribution >= 4 is 29.0 Å².